The lowest BCUT2D eigenvalue weighted by Crippen LogP contribution is -2.46. The van der Waals surface area contributed by atoms with Crippen LogP contribution in [0.4, 0.5) is 0 Å². The van der Waals surface area contributed by atoms with Crippen LogP contribution in [-0.4, -0.2) is 61.8 Å². The van der Waals surface area contributed by atoms with Gasteiger partial charge in [0.2, 0.25) is 0 Å². The molecular weight excluding hydrogens is 200 g/mol. The molecule has 0 aromatic rings. The molecule has 0 saturated carbocycles. The van der Waals surface area contributed by atoms with E-state index in [1.807, 2.05) is 0 Å². The van der Waals surface area contributed by atoms with Crippen molar-refractivity contribution in [2.75, 3.05) is 46.9 Å². The highest BCUT2D eigenvalue weighted by molar-refractivity contribution is 4.86. The lowest BCUT2D eigenvalue weighted by Gasteiger charge is -2.44. The van der Waals surface area contributed by atoms with E-state index in [1.165, 1.54) is 13.0 Å². The van der Waals surface area contributed by atoms with Gasteiger partial charge in [-0.25, -0.2) is 0 Å². The molecule has 1 unspecified atom stereocenters. The average molecular weight is 228 g/mol. The van der Waals surface area contributed by atoms with E-state index < -0.39 is 0 Å². The standard InChI is InChI=1S/C13H28N2O/c1-13(2)6-7-15(9-8-14(3)4)11-12(13)5-10-16/h12,16H,5-11H2,1-4H3. The zero-order chi connectivity index (χ0) is 12.2. The van der Waals surface area contributed by atoms with Crippen molar-refractivity contribution in [2.45, 2.75) is 26.7 Å². The van der Waals surface area contributed by atoms with Gasteiger partial charge in [-0.1, -0.05) is 13.8 Å². The molecule has 1 aliphatic rings. The first-order valence-corrected chi connectivity index (χ1v) is 6.43. The summed E-state index contributed by atoms with van der Waals surface area (Å²) in [6, 6.07) is 0. The van der Waals surface area contributed by atoms with Crippen molar-refractivity contribution in [3.05, 3.63) is 0 Å². The van der Waals surface area contributed by atoms with E-state index in [0.717, 1.165) is 26.1 Å². The Labute approximate surface area is 100 Å². The van der Waals surface area contributed by atoms with Gasteiger partial charge in [0.15, 0.2) is 0 Å². The lowest BCUT2D eigenvalue weighted by molar-refractivity contribution is 0.0411. The molecular formula is C13H28N2O. The van der Waals surface area contributed by atoms with Gasteiger partial charge in [0.05, 0.1) is 0 Å². The Morgan fingerprint density at radius 2 is 2.06 bits per heavy atom. The fourth-order valence-electron chi connectivity index (χ4n) is 2.48. The monoisotopic (exact) mass is 228 g/mol. The van der Waals surface area contributed by atoms with Crippen molar-refractivity contribution in [3.63, 3.8) is 0 Å². The van der Waals surface area contributed by atoms with Crippen LogP contribution in [0.5, 0.6) is 0 Å². The summed E-state index contributed by atoms with van der Waals surface area (Å²) in [5.74, 6) is 0.647. The SMILES string of the molecule is CN(C)CCN1CCC(C)(C)C(CCO)C1. The number of rotatable bonds is 5. The summed E-state index contributed by atoms with van der Waals surface area (Å²) >= 11 is 0. The van der Waals surface area contributed by atoms with Gasteiger partial charge < -0.3 is 14.9 Å². The molecule has 0 radical (unpaired) electrons. The van der Waals surface area contributed by atoms with Crippen molar-refractivity contribution < 1.29 is 5.11 Å². The van der Waals surface area contributed by atoms with E-state index in [1.54, 1.807) is 0 Å². The molecule has 3 heteroatoms. The average Bonchev–Trinajstić information content (AvgIpc) is 2.19. The highest BCUT2D eigenvalue weighted by Gasteiger charge is 2.34. The topological polar surface area (TPSA) is 26.7 Å². The van der Waals surface area contributed by atoms with E-state index in [-0.39, 0.29) is 0 Å². The second-order valence-corrected chi connectivity index (χ2v) is 6.05. The molecule has 0 aliphatic carbocycles. The van der Waals surface area contributed by atoms with Crippen molar-refractivity contribution in [2.24, 2.45) is 11.3 Å². The molecule has 1 aliphatic heterocycles. The minimum Gasteiger partial charge on any atom is -0.396 e. The van der Waals surface area contributed by atoms with Gasteiger partial charge >= 0.3 is 0 Å². The Morgan fingerprint density at radius 3 is 2.62 bits per heavy atom. The van der Waals surface area contributed by atoms with E-state index in [4.69, 9.17) is 5.11 Å². The summed E-state index contributed by atoms with van der Waals surface area (Å²) in [6.07, 6.45) is 2.20. The van der Waals surface area contributed by atoms with Crippen LogP contribution >= 0.6 is 0 Å². The fraction of sp³-hybridized carbons (Fsp3) is 1.00. The minimum atomic E-state index is 0.329. The predicted molar refractivity (Wildman–Crippen MR) is 68.6 cm³/mol. The smallest absolute Gasteiger partial charge is 0.0434 e. The van der Waals surface area contributed by atoms with Gasteiger partial charge in [-0.2, -0.15) is 0 Å². The predicted octanol–water partition coefficient (Wildman–Crippen LogP) is 1.28. The second-order valence-electron chi connectivity index (χ2n) is 6.05. The van der Waals surface area contributed by atoms with Crippen LogP contribution in [0.2, 0.25) is 0 Å². The zero-order valence-electron chi connectivity index (χ0n) is 11.4. The van der Waals surface area contributed by atoms with Crippen LogP contribution in [0, 0.1) is 11.3 Å². The molecule has 0 spiro atoms. The zero-order valence-corrected chi connectivity index (χ0v) is 11.4. The first-order chi connectivity index (χ1) is 7.45. The maximum absolute atomic E-state index is 9.13. The van der Waals surface area contributed by atoms with Gasteiger partial charge in [0, 0.05) is 26.2 Å². The van der Waals surface area contributed by atoms with E-state index >= 15 is 0 Å². The Bertz CT molecular complexity index is 202. The summed E-state index contributed by atoms with van der Waals surface area (Å²) in [4.78, 5) is 4.78. The molecule has 1 N–H and O–H groups in total. The highest BCUT2D eigenvalue weighted by Crippen LogP contribution is 2.37. The van der Waals surface area contributed by atoms with Gasteiger partial charge in [0.25, 0.3) is 0 Å². The van der Waals surface area contributed by atoms with E-state index in [0.29, 0.717) is 17.9 Å². The molecule has 1 fully saturated rings. The molecule has 0 aromatic carbocycles. The Kier molecular flexibility index (Phi) is 5.22. The molecule has 3 nitrogen and oxygen atoms in total. The molecule has 0 aromatic heterocycles. The Balaban J connectivity index is 2.42. The number of aliphatic hydroxyl groups is 1. The van der Waals surface area contributed by atoms with E-state index in [9.17, 15) is 0 Å². The number of hydrogen-bond donors (Lipinski definition) is 1. The number of likely N-dealkylation sites (tertiary alicyclic amines) is 1. The molecule has 0 bridgehead atoms. The fourth-order valence-corrected chi connectivity index (χ4v) is 2.48. The van der Waals surface area contributed by atoms with E-state index in [2.05, 4.69) is 37.7 Å². The number of likely N-dealkylation sites (N-methyl/N-ethyl adjacent to an activating group) is 1. The van der Waals surface area contributed by atoms with Crippen LogP contribution in [0.25, 0.3) is 0 Å². The quantitative estimate of drug-likeness (QED) is 0.768. The van der Waals surface area contributed by atoms with Gasteiger partial charge in [0.1, 0.15) is 0 Å². The number of hydrogen-bond acceptors (Lipinski definition) is 3. The van der Waals surface area contributed by atoms with Crippen molar-refractivity contribution in [1.82, 2.24) is 9.80 Å². The van der Waals surface area contributed by atoms with Gasteiger partial charge in [-0.05, 0) is 44.8 Å². The molecule has 16 heavy (non-hydrogen) atoms. The Hall–Kier alpha value is -0.120. The summed E-state index contributed by atoms with van der Waals surface area (Å²) in [6.45, 7) is 9.67. The highest BCUT2D eigenvalue weighted by atomic mass is 16.3. The summed E-state index contributed by atoms with van der Waals surface area (Å²) in [5, 5.41) is 9.13. The van der Waals surface area contributed by atoms with Crippen LogP contribution < -0.4 is 0 Å². The number of piperidine rings is 1. The Morgan fingerprint density at radius 1 is 1.38 bits per heavy atom. The summed E-state index contributed by atoms with van der Waals surface area (Å²) < 4.78 is 0. The summed E-state index contributed by atoms with van der Waals surface area (Å²) in [7, 11) is 4.25. The van der Waals surface area contributed by atoms with Crippen LogP contribution in [-0.2, 0) is 0 Å². The third-order valence-corrected chi connectivity index (χ3v) is 4.00. The van der Waals surface area contributed by atoms with Gasteiger partial charge in [-0.3, -0.25) is 0 Å². The molecule has 1 atom stereocenters. The third kappa shape index (κ3) is 4.04. The first kappa shape index (κ1) is 13.9. The van der Waals surface area contributed by atoms with Crippen LogP contribution in [0.15, 0.2) is 0 Å². The maximum Gasteiger partial charge on any atom is 0.0434 e. The van der Waals surface area contributed by atoms with Crippen molar-refractivity contribution >= 4 is 0 Å². The normalized spacial score (nSPS) is 26.2. The molecule has 96 valence electrons. The van der Waals surface area contributed by atoms with Crippen LogP contribution in [0.1, 0.15) is 26.7 Å². The summed E-state index contributed by atoms with van der Waals surface area (Å²) in [5.41, 5.74) is 0.400. The minimum absolute atomic E-state index is 0.329. The van der Waals surface area contributed by atoms with Crippen molar-refractivity contribution in [1.29, 1.82) is 0 Å². The molecule has 1 heterocycles. The van der Waals surface area contributed by atoms with Crippen molar-refractivity contribution in [3.8, 4) is 0 Å². The first-order valence-electron chi connectivity index (χ1n) is 6.43. The molecule has 1 saturated heterocycles. The molecule has 0 amide bonds. The maximum atomic E-state index is 9.13. The second kappa shape index (κ2) is 5.99. The molecule has 1 rings (SSSR count). The number of nitrogens with zero attached hydrogens (tertiary/aromatic N) is 2. The number of aliphatic hydroxyl groups excluding tert-OH is 1. The largest absolute Gasteiger partial charge is 0.396 e. The lowest BCUT2D eigenvalue weighted by atomic mass is 9.72. The van der Waals surface area contributed by atoms with Crippen LogP contribution in [0.3, 0.4) is 0 Å². The van der Waals surface area contributed by atoms with Gasteiger partial charge in [-0.15, -0.1) is 0 Å². The third-order valence-electron chi connectivity index (χ3n) is 4.00.